The molecule has 1 atom stereocenters. The normalized spacial score (nSPS) is 14.7. The lowest BCUT2D eigenvalue weighted by Crippen LogP contribution is -2.50. The Labute approximate surface area is 118 Å². The summed E-state index contributed by atoms with van der Waals surface area (Å²) in [6.45, 7) is 8.11. The highest BCUT2D eigenvalue weighted by molar-refractivity contribution is 5.80. The molecule has 5 heteroatoms. The molecule has 0 aromatic rings. The van der Waals surface area contributed by atoms with E-state index < -0.39 is 5.54 Å². The summed E-state index contributed by atoms with van der Waals surface area (Å²) < 4.78 is 4.87. The van der Waals surface area contributed by atoms with E-state index in [1.807, 2.05) is 6.92 Å². The van der Waals surface area contributed by atoms with Crippen LogP contribution in [0.2, 0.25) is 0 Å². The van der Waals surface area contributed by atoms with Gasteiger partial charge in [-0.2, -0.15) is 0 Å². The van der Waals surface area contributed by atoms with Gasteiger partial charge in [-0.15, -0.1) is 0 Å². The third-order valence-electron chi connectivity index (χ3n) is 3.52. The van der Waals surface area contributed by atoms with E-state index >= 15 is 0 Å². The molecule has 0 aliphatic rings. The maximum atomic E-state index is 11.8. The molecule has 0 bridgehead atoms. The number of methoxy groups -OCH3 is 1. The molecule has 19 heavy (non-hydrogen) atoms. The largest absolute Gasteiger partial charge is 0.468 e. The molecule has 0 rings (SSSR count). The molecule has 114 valence electrons. The standard InChI is InChI=1S/C14H31N3O2/c1-7-9-17(12-11-16(4)5)10-8-14(2,15-3)13(18)19-6/h15H,7-12H2,1-6H3. The Kier molecular flexibility index (Phi) is 8.97. The number of rotatable bonds is 10. The highest BCUT2D eigenvalue weighted by atomic mass is 16.5. The van der Waals surface area contributed by atoms with Crippen molar-refractivity contribution in [2.45, 2.75) is 32.2 Å². The average Bonchev–Trinajstić information content (AvgIpc) is 2.40. The minimum absolute atomic E-state index is 0.195. The van der Waals surface area contributed by atoms with Gasteiger partial charge in [0.1, 0.15) is 5.54 Å². The van der Waals surface area contributed by atoms with Crippen LogP contribution in [0.5, 0.6) is 0 Å². The van der Waals surface area contributed by atoms with Gasteiger partial charge >= 0.3 is 5.97 Å². The quantitative estimate of drug-likeness (QED) is 0.597. The Hall–Kier alpha value is -0.650. The van der Waals surface area contributed by atoms with E-state index in [2.05, 4.69) is 36.1 Å². The number of hydrogen-bond donors (Lipinski definition) is 1. The van der Waals surface area contributed by atoms with Crippen LogP contribution in [-0.4, -0.2) is 75.7 Å². The molecule has 0 saturated carbocycles. The van der Waals surface area contributed by atoms with E-state index in [0.717, 1.165) is 39.0 Å². The lowest BCUT2D eigenvalue weighted by molar-refractivity contribution is -0.148. The molecule has 0 aliphatic heterocycles. The summed E-state index contributed by atoms with van der Waals surface area (Å²) in [7, 11) is 7.40. The molecule has 0 radical (unpaired) electrons. The van der Waals surface area contributed by atoms with Crippen molar-refractivity contribution in [2.24, 2.45) is 0 Å². The van der Waals surface area contributed by atoms with Crippen molar-refractivity contribution in [1.29, 1.82) is 0 Å². The van der Waals surface area contributed by atoms with Crippen LogP contribution < -0.4 is 5.32 Å². The molecule has 0 aromatic heterocycles. The molecule has 0 spiro atoms. The molecule has 0 amide bonds. The summed E-state index contributed by atoms with van der Waals surface area (Å²) >= 11 is 0. The molecule has 0 aliphatic carbocycles. The number of carbonyl (C=O) groups excluding carboxylic acids is 1. The maximum Gasteiger partial charge on any atom is 0.325 e. The number of ether oxygens (including phenoxy) is 1. The fourth-order valence-corrected chi connectivity index (χ4v) is 1.93. The summed E-state index contributed by atoms with van der Waals surface area (Å²) in [5.74, 6) is -0.195. The van der Waals surface area contributed by atoms with E-state index in [0.29, 0.717) is 0 Å². The minimum Gasteiger partial charge on any atom is -0.468 e. The smallest absolute Gasteiger partial charge is 0.325 e. The zero-order valence-electron chi connectivity index (χ0n) is 13.5. The van der Waals surface area contributed by atoms with Crippen LogP contribution in [0.3, 0.4) is 0 Å². The van der Waals surface area contributed by atoms with Crippen LogP contribution in [0, 0.1) is 0 Å². The van der Waals surface area contributed by atoms with E-state index in [1.165, 1.54) is 7.11 Å². The molecule has 0 heterocycles. The first-order chi connectivity index (χ1) is 8.89. The second kappa shape index (κ2) is 9.28. The fourth-order valence-electron chi connectivity index (χ4n) is 1.93. The number of esters is 1. The van der Waals surface area contributed by atoms with E-state index in [-0.39, 0.29) is 5.97 Å². The van der Waals surface area contributed by atoms with Crippen LogP contribution in [0.25, 0.3) is 0 Å². The molecule has 0 aromatic carbocycles. The SMILES string of the molecule is CCCN(CCN(C)C)CCC(C)(NC)C(=O)OC. The number of likely N-dealkylation sites (N-methyl/N-ethyl adjacent to an activating group) is 2. The van der Waals surface area contributed by atoms with Crippen molar-refractivity contribution >= 4 is 5.97 Å². The van der Waals surface area contributed by atoms with Gasteiger partial charge in [-0.25, -0.2) is 0 Å². The van der Waals surface area contributed by atoms with Crippen LogP contribution in [0.15, 0.2) is 0 Å². The molecule has 0 fully saturated rings. The topological polar surface area (TPSA) is 44.8 Å². The first kappa shape index (κ1) is 18.4. The van der Waals surface area contributed by atoms with Gasteiger partial charge in [0.25, 0.3) is 0 Å². The van der Waals surface area contributed by atoms with Crippen molar-refractivity contribution in [3.63, 3.8) is 0 Å². The van der Waals surface area contributed by atoms with Crippen LogP contribution in [0.1, 0.15) is 26.7 Å². The van der Waals surface area contributed by atoms with Crippen molar-refractivity contribution in [3.8, 4) is 0 Å². The second-order valence-electron chi connectivity index (χ2n) is 5.47. The van der Waals surface area contributed by atoms with Crippen LogP contribution >= 0.6 is 0 Å². The number of carbonyl (C=O) groups is 1. The first-order valence-corrected chi connectivity index (χ1v) is 7.04. The minimum atomic E-state index is -0.598. The van der Waals surface area contributed by atoms with Gasteiger partial charge in [-0.1, -0.05) is 6.92 Å². The summed E-state index contributed by atoms with van der Waals surface area (Å²) in [6.07, 6.45) is 1.88. The molecule has 1 N–H and O–H groups in total. The second-order valence-corrected chi connectivity index (χ2v) is 5.47. The number of hydrogen-bond acceptors (Lipinski definition) is 5. The zero-order valence-corrected chi connectivity index (χ0v) is 13.5. The van der Waals surface area contributed by atoms with Crippen LogP contribution in [-0.2, 0) is 9.53 Å². The maximum absolute atomic E-state index is 11.8. The van der Waals surface area contributed by atoms with E-state index in [9.17, 15) is 4.79 Å². The van der Waals surface area contributed by atoms with E-state index in [4.69, 9.17) is 4.74 Å². The first-order valence-electron chi connectivity index (χ1n) is 7.04. The van der Waals surface area contributed by atoms with Gasteiger partial charge < -0.3 is 19.9 Å². The van der Waals surface area contributed by atoms with E-state index in [1.54, 1.807) is 7.05 Å². The summed E-state index contributed by atoms with van der Waals surface area (Å²) in [5, 5.41) is 3.08. The Morgan fingerprint density at radius 2 is 1.84 bits per heavy atom. The van der Waals surface area contributed by atoms with Gasteiger partial charge in [0, 0.05) is 19.6 Å². The lowest BCUT2D eigenvalue weighted by atomic mass is 9.98. The third-order valence-corrected chi connectivity index (χ3v) is 3.52. The molecule has 1 unspecified atom stereocenters. The van der Waals surface area contributed by atoms with Crippen molar-refractivity contribution < 1.29 is 9.53 Å². The predicted molar refractivity (Wildman–Crippen MR) is 79.4 cm³/mol. The van der Waals surface area contributed by atoms with Crippen molar-refractivity contribution in [3.05, 3.63) is 0 Å². The van der Waals surface area contributed by atoms with Crippen molar-refractivity contribution in [2.75, 3.05) is 54.4 Å². The molecule has 0 saturated heterocycles. The monoisotopic (exact) mass is 273 g/mol. The van der Waals surface area contributed by atoms with Crippen LogP contribution in [0.4, 0.5) is 0 Å². The van der Waals surface area contributed by atoms with Gasteiger partial charge in [-0.3, -0.25) is 4.79 Å². The summed E-state index contributed by atoms with van der Waals surface area (Å²) in [5.41, 5.74) is -0.598. The van der Waals surface area contributed by atoms with Gasteiger partial charge in [-0.05, 0) is 47.5 Å². The highest BCUT2D eigenvalue weighted by Gasteiger charge is 2.32. The van der Waals surface area contributed by atoms with Gasteiger partial charge in [0.15, 0.2) is 0 Å². The third kappa shape index (κ3) is 6.89. The highest BCUT2D eigenvalue weighted by Crippen LogP contribution is 2.12. The Balaban J connectivity index is 4.38. The summed E-state index contributed by atoms with van der Waals surface area (Å²) in [6, 6.07) is 0. The fraction of sp³-hybridized carbons (Fsp3) is 0.929. The lowest BCUT2D eigenvalue weighted by Gasteiger charge is -2.30. The Bertz CT molecular complexity index is 259. The zero-order chi connectivity index (χ0) is 14.9. The molecular weight excluding hydrogens is 242 g/mol. The predicted octanol–water partition coefficient (Wildman–Crippen LogP) is 0.801. The van der Waals surface area contributed by atoms with Gasteiger partial charge in [0.05, 0.1) is 7.11 Å². The molecular formula is C14H31N3O2. The average molecular weight is 273 g/mol. The summed E-state index contributed by atoms with van der Waals surface area (Å²) in [4.78, 5) is 16.4. The number of nitrogens with zero attached hydrogens (tertiary/aromatic N) is 2. The Morgan fingerprint density at radius 3 is 2.26 bits per heavy atom. The van der Waals surface area contributed by atoms with Gasteiger partial charge in [0.2, 0.25) is 0 Å². The Morgan fingerprint density at radius 1 is 1.21 bits per heavy atom. The van der Waals surface area contributed by atoms with Crippen molar-refractivity contribution in [1.82, 2.24) is 15.1 Å². The molecule has 5 nitrogen and oxygen atoms in total. The number of nitrogens with one attached hydrogen (secondary N) is 1.